The fourth-order valence-electron chi connectivity index (χ4n) is 11.6. The molecule has 4 aromatic carbocycles. The molecular weight excluding hydrogens is 931 g/mol. The van der Waals surface area contributed by atoms with E-state index in [1.807, 2.05) is 30.5 Å². The lowest BCUT2D eigenvalue weighted by Crippen LogP contribution is -2.81. The van der Waals surface area contributed by atoms with Crippen molar-refractivity contribution in [2.75, 3.05) is 12.9 Å². The van der Waals surface area contributed by atoms with Gasteiger partial charge in [0.25, 0.3) is 5.91 Å². The Morgan fingerprint density at radius 3 is 2.03 bits per heavy atom. The molecule has 3 N–H and O–H groups in total. The molecule has 1 saturated heterocycles. The van der Waals surface area contributed by atoms with Gasteiger partial charge in [-0.2, -0.15) is 0 Å². The van der Waals surface area contributed by atoms with Crippen LogP contribution in [0.1, 0.15) is 92.3 Å². The van der Waals surface area contributed by atoms with E-state index < -0.39 is 113 Å². The first-order valence-corrected chi connectivity index (χ1v) is 24.8. The van der Waals surface area contributed by atoms with Crippen molar-refractivity contribution in [3.63, 3.8) is 0 Å². The van der Waals surface area contributed by atoms with Crippen LogP contribution < -0.4 is 5.32 Å². The monoisotopic (exact) mass is 989 g/mol. The van der Waals surface area contributed by atoms with E-state index >= 15 is 4.79 Å². The zero-order chi connectivity index (χ0) is 51.0. The molecule has 2 saturated carbocycles. The Balaban J connectivity index is 1.23. The number of esters is 3. The number of aliphatic hydroxyl groups is 2. The first-order chi connectivity index (χ1) is 33.8. The van der Waals surface area contributed by atoms with Crippen molar-refractivity contribution in [1.82, 2.24) is 5.32 Å². The van der Waals surface area contributed by atoms with Gasteiger partial charge in [-0.3, -0.25) is 14.4 Å². The van der Waals surface area contributed by atoms with Crippen LogP contribution in [0.4, 0.5) is 4.79 Å². The Morgan fingerprint density at radius 2 is 1.45 bits per heavy atom. The second-order valence-corrected chi connectivity index (χ2v) is 20.4. The smallest absolute Gasteiger partial charge is 0.456 e. The van der Waals surface area contributed by atoms with E-state index in [0.717, 1.165) is 4.90 Å². The topological polar surface area (TPSA) is 210 Å². The summed E-state index contributed by atoms with van der Waals surface area (Å²) < 4.78 is 37.0. The fraction of sp³-hybridized carbons (Fsp3) is 0.418. The van der Waals surface area contributed by atoms with Crippen LogP contribution in [0.25, 0.3) is 0 Å². The third kappa shape index (κ3) is 9.26. The van der Waals surface area contributed by atoms with Crippen molar-refractivity contribution >= 4 is 47.5 Å². The molecule has 1 unspecified atom stereocenters. The zero-order valence-electron chi connectivity index (χ0n) is 40.6. The van der Waals surface area contributed by atoms with Gasteiger partial charge in [0.15, 0.2) is 11.7 Å². The van der Waals surface area contributed by atoms with Crippen molar-refractivity contribution in [3.8, 4) is 0 Å². The largest absolute Gasteiger partial charge is 0.508 e. The molecule has 3 aliphatic carbocycles. The van der Waals surface area contributed by atoms with Crippen LogP contribution in [-0.4, -0.2) is 101 Å². The lowest BCUT2D eigenvalue weighted by atomic mass is 9.43. The van der Waals surface area contributed by atoms with Gasteiger partial charge in [0.2, 0.25) is 0 Å². The van der Waals surface area contributed by atoms with Crippen molar-refractivity contribution in [1.29, 1.82) is 0 Å². The van der Waals surface area contributed by atoms with E-state index in [1.165, 1.54) is 19.1 Å². The summed E-state index contributed by atoms with van der Waals surface area (Å²) >= 11 is 1.56. The lowest BCUT2D eigenvalue weighted by Gasteiger charge is -2.67. The van der Waals surface area contributed by atoms with Gasteiger partial charge in [-0.1, -0.05) is 99.6 Å². The third-order valence-electron chi connectivity index (χ3n) is 15.2. The summed E-state index contributed by atoms with van der Waals surface area (Å²) in [6.07, 6.45) is -7.28. The summed E-state index contributed by atoms with van der Waals surface area (Å²) in [5.74, 6) is -6.49. The summed E-state index contributed by atoms with van der Waals surface area (Å²) in [6, 6.07) is 30.8. The summed E-state index contributed by atoms with van der Waals surface area (Å²) in [7, 11) is 0. The highest BCUT2D eigenvalue weighted by Gasteiger charge is 2.78. The lowest BCUT2D eigenvalue weighted by molar-refractivity contribution is -0.345. The highest BCUT2D eigenvalue weighted by Crippen LogP contribution is 2.65. The molecule has 1 amide bonds. The van der Waals surface area contributed by atoms with E-state index in [9.17, 15) is 34.2 Å². The number of benzene rings is 4. The number of hydrogen-bond donors (Lipinski definition) is 3. The molecule has 3 fully saturated rings. The number of carbonyl (C=O) groups excluding carboxylic acids is 6. The standard InChI is InChI=1S/C55H59NO14S/c1-31-39(67-50(62)44(58)43(35-17-11-8-12-18-35)56-48(60)36-19-13-9-14-20-36)28-55(64)47(69-49(61)37-21-15-10-16-22-37)45-53(6,46(59)32(2)42(31)52(55,4)5)40(27-41-54(45,30-66-41)70-33(3)57)68-51(63)65-29-34-23-25-38(71-7)26-24-34/h8-26,32,39-41,43-45,47,58,64H,27-30H2,1-7H3,(H,56,60)/t32-,39+,40+,41?,43+,44-,45+,47+,53-,54+,55-/m1/s1. The Kier molecular flexibility index (Phi) is 14.4. The summed E-state index contributed by atoms with van der Waals surface area (Å²) in [5, 5.41) is 28.6. The van der Waals surface area contributed by atoms with Gasteiger partial charge in [0.05, 0.1) is 29.5 Å². The van der Waals surface area contributed by atoms with E-state index in [-0.39, 0.29) is 30.8 Å². The SMILES string of the molecule is CSc1ccc(COC(=O)O[C@H]2CC3OC[C@@]3(OC(C)=O)[C@H]3[C@H](OC(=O)c4ccccc4)[C@]4(O)C[C@H](OC(=O)[C@H](O)[C@@H](NC(=O)c5ccccc5)c5ccccc5)C(C)=C([C@@H](C)C(=O)[C@]23C)C4(C)C)cc1. The van der Waals surface area contributed by atoms with Crippen molar-refractivity contribution in [2.45, 2.75) is 114 Å². The van der Waals surface area contributed by atoms with Gasteiger partial charge in [-0.25, -0.2) is 14.4 Å². The molecule has 71 heavy (non-hydrogen) atoms. The number of thioether (sulfide) groups is 1. The molecule has 4 aliphatic rings. The number of hydrogen-bond acceptors (Lipinski definition) is 15. The van der Waals surface area contributed by atoms with Crippen LogP contribution >= 0.6 is 11.8 Å². The molecule has 15 nitrogen and oxygen atoms in total. The van der Waals surface area contributed by atoms with Crippen LogP contribution in [0.15, 0.2) is 131 Å². The number of ether oxygens (including phenoxy) is 6. The van der Waals surface area contributed by atoms with Crippen LogP contribution in [0.2, 0.25) is 0 Å². The number of ketones is 1. The van der Waals surface area contributed by atoms with Crippen LogP contribution in [-0.2, 0) is 49.4 Å². The molecule has 1 aliphatic heterocycles. The maximum Gasteiger partial charge on any atom is 0.508 e. The van der Waals surface area contributed by atoms with Gasteiger partial charge in [0, 0.05) is 41.6 Å². The van der Waals surface area contributed by atoms with Gasteiger partial charge in [0.1, 0.15) is 42.4 Å². The zero-order valence-corrected chi connectivity index (χ0v) is 41.4. The Labute approximate surface area is 416 Å². The maximum atomic E-state index is 16.0. The number of fused-ring (bicyclic) bond motifs is 5. The highest BCUT2D eigenvalue weighted by molar-refractivity contribution is 7.98. The summed E-state index contributed by atoms with van der Waals surface area (Å²) in [4.78, 5) is 86.7. The number of Topliss-reactive ketones (excluding diaryl/α,β-unsaturated/α-hetero) is 1. The van der Waals surface area contributed by atoms with Gasteiger partial charge >= 0.3 is 24.1 Å². The number of nitrogens with one attached hydrogen (secondary N) is 1. The van der Waals surface area contributed by atoms with Crippen LogP contribution in [0, 0.1) is 22.7 Å². The molecule has 2 bridgehead atoms. The highest BCUT2D eigenvalue weighted by atomic mass is 32.2. The van der Waals surface area contributed by atoms with Crippen molar-refractivity contribution in [2.24, 2.45) is 22.7 Å². The van der Waals surface area contributed by atoms with Crippen molar-refractivity contribution in [3.05, 3.63) is 149 Å². The van der Waals surface area contributed by atoms with E-state index in [1.54, 1.807) is 125 Å². The minimum Gasteiger partial charge on any atom is -0.456 e. The molecule has 11 atom stereocenters. The van der Waals surface area contributed by atoms with Crippen LogP contribution in [0.5, 0.6) is 0 Å². The molecule has 16 heteroatoms. The predicted octanol–water partition coefficient (Wildman–Crippen LogP) is 7.52. The Morgan fingerprint density at radius 1 is 0.845 bits per heavy atom. The normalized spacial score (nSPS) is 29.2. The van der Waals surface area contributed by atoms with E-state index in [0.29, 0.717) is 22.3 Å². The molecule has 4 aromatic rings. The number of carbonyl (C=O) groups is 6. The second-order valence-electron chi connectivity index (χ2n) is 19.6. The van der Waals surface area contributed by atoms with E-state index in [4.69, 9.17) is 28.4 Å². The Hall–Kier alpha value is -6.33. The molecule has 1 heterocycles. The first kappa shape index (κ1) is 51.0. The van der Waals surface area contributed by atoms with E-state index in [2.05, 4.69) is 5.32 Å². The van der Waals surface area contributed by atoms with Crippen molar-refractivity contribution < 1.29 is 67.4 Å². The molecule has 0 spiro atoms. The Bertz CT molecular complexity index is 2700. The van der Waals surface area contributed by atoms with Gasteiger partial charge < -0.3 is 44.0 Å². The average Bonchev–Trinajstić information content (AvgIpc) is 3.36. The quantitative estimate of drug-likeness (QED) is 0.0512. The van der Waals surface area contributed by atoms with Crippen LogP contribution in [0.3, 0.4) is 0 Å². The third-order valence-corrected chi connectivity index (χ3v) is 16.0. The van der Waals surface area contributed by atoms with Gasteiger partial charge in [-0.15, -0.1) is 11.8 Å². The fourth-order valence-corrected chi connectivity index (χ4v) is 12.0. The molecule has 8 rings (SSSR count). The van der Waals surface area contributed by atoms with Gasteiger partial charge in [-0.05, 0) is 78.8 Å². The molecular formula is C55H59NO14S. The summed E-state index contributed by atoms with van der Waals surface area (Å²) in [6.45, 7) is 9.03. The maximum absolute atomic E-state index is 16.0. The minimum absolute atomic E-state index is 0.0939. The predicted molar refractivity (Wildman–Crippen MR) is 259 cm³/mol. The molecule has 374 valence electrons. The first-order valence-electron chi connectivity index (χ1n) is 23.6. The number of rotatable bonds is 13. The molecule has 0 aromatic heterocycles. The molecule has 0 radical (unpaired) electrons. The average molecular weight is 990 g/mol. The second kappa shape index (κ2) is 20.1. The minimum atomic E-state index is -2.29. The number of aliphatic hydroxyl groups excluding tert-OH is 1. The number of amides is 1. The summed E-state index contributed by atoms with van der Waals surface area (Å²) in [5.41, 5.74) is -5.22.